The first kappa shape index (κ1) is 28.6. The van der Waals surface area contributed by atoms with E-state index in [-0.39, 0.29) is 40.7 Å². The molecule has 43 heavy (non-hydrogen) atoms. The summed E-state index contributed by atoms with van der Waals surface area (Å²) in [6, 6.07) is 21.0. The van der Waals surface area contributed by atoms with Gasteiger partial charge in [0.1, 0.15) is 6.04 Å². The largest absolute Gasteiger partial charge is 0.454 e. The van der Waals surface area contributed by atoms with E-state index in [0.29, 0.717) is 6.42 Å². The van der Waals surface area contributed by atoms with Gasteiger partial charge in [-0.05, 0) is 40.8 Å². The Kier molecular flexibility index (Phi) is 7.75. The Labute approximate surface area is 253 Å². The molecule has 0 spiro atoms. The number of nitrogens with zero attached hydrogens (tertiary/aromatic N) is 1. The molecular formula is C33H30ClN3O6. The van der Waals surface area contributed by atoms with E-state index in [1.54, 1.807) is 12.1 Å². The molecule has 2 N–H and O–H groups in total. The number of amides is 4. The Morgan fingerprint density at radius 2 is 1.33 bits per heavy atom. The third-order valence-corrected chi connectivity index (χ3v) is 9.01. The highest BCUT2D eigenvalue weighted by molar-refractivity contribution is 6.33. The molecule has 0 unspecified atom stereocenters. The second kappa shape index (κ2) is 11.6. The SMILES string of the molecule is CCCC[C@@H](C(=O)OCC(=O)NNC(=O)c1ccccc1Cl)N1C(=O)[C@@H]2C3c4ccccc4C(c4ccccc43)[C@@H]2C1=O. The lowest BCUT2D eigenvalue weighted by Crippen LogP contribution is -2.48. The number of rotatable bonds is 8. The summed E-state index contributed by atoms with van der Waals surface area (Å²) < 4.78 is 5.31. The van der Waals surface area contributed by atoms with Crippen LogP contribution in [0.5, 0.6) is 0 Å². The smallest absolute Gasteiger partial charge is 0.329 e. The third-order valence-electron chi connectivity index (χ3n) is 8.68. The highest BCUT2D eigenvalue weighted by Gasteiger charge is 2.63. The number of nitrogens with one attached hydrogen (secondary N) is 2. The van der Waals surface area contributed by atoms with Gasteiger partial charge in [0.25, 0.3) is 11.8 Å². The van der Waals surface area contributed by atoms with Gasteiger partial charge in [0, 0.05) is 11.8 Å². The van der Waals surface area contributed by atoms with Crippen molar-refractivity contribution in [1.82, 2.24) is 15.8 Å². The lowest BCUT2D eigenvalue weighted by Gasteiger charge is -2.45. The fourth-order valence-electron chi connectivity index (χ4n) is 6.87. The van der Waals surface area contributed by atoms with E-state index in [1.807, 2.05) is 55.5 Å². The van der Waals surface area contributed by atoms with Gasteiger partial charge in [-0.25, -0.2) is 4.79 Å². The molecular weight excluding hydrogens is 570 g/mol. The highest BCUT2D eigenvalue weighted by atomic mass is 35.5. The van der Waals surface area contributed by atoms with Crippen LogP contribution in [0.4, 0.5) is 0 Å². The van der Waals surface area contributed by atoms with Crippen LogP contribution in [0.3, 0.4) is 0 Å². The van der Waals surface area contributed by atoms with Crippen molar-refractivity contribution in [2.75, 3.05) is 6.61 Å². The number of hydrogen-bond donors (Lipinski definition) is 2. The Morgan fingerprint density at radius 1 is 0.814 bits per heavy atom. The van der Waals surface area contributed by atoms with E-state index < -0.39 is 42.3 Å². The highest BCUT2D eigenvalue weighted by Crippen LogP contribution is 2.61. The van der Waals surface area contributed by atoms with Crippen molar-refractivity contribution in [2.24, 2.45) is 11.8 Å². The molecule has 0 saturated carbocycles. The molecule has 0 aromatic heterocycles. The maximum Gasteiger partial charge on any atom is 0.329 e. The average Bonchev–Trinajstić information content (AvgIpc) is 3.29. The Morgan fingerprint density at radius 3 is 1.84 bits per heavy atom. The standard InChI is InChI=1S/C33H30ClN3O6/c1-2-3-16-24(33(42)43-17-25(38)35-36-30(39)22-14-8-9-15-23(22)34)37-31(40)28-26-18-10-4-5-11-19(18)27(29(28)32(37)41)21-13-7-6-12-20(21)26/h4-15,24,26-29H,2-3,16-17H2,1H3,(H,35,38)(H,36,39)/t24-,26?,27?,28-,29+/m0/s1. The number of unbranched alkanes of at least 4 members (excludes halogenated alkanes) is 1. The summed E-state index contributed by atoms with van der Waals surface area (Å²) >= 11 is 6.02. The predicted molar refractivity (Wildman–Crippen MR) is 157 cm³/mol. The van der Waals surface area contributed by atoms with Crippen LogP contribution in [-0.4, -0.2) is 47.1 Å². The molecule has 7 rings (SSSR count). The number of benzene rings is 3. The van der Waals surface area contributed by atoms with Gasteiger partial charge in [0.2, 0.25) is 11.8 Å². The van der Waals surface area contributed by atoms with Gasteiger partial charge in [-0.2, -0.15) is 0 Å². The molecule has 220 valence electrons. The van der Waals surface area contributed by atoms with E-state index in [0.717, 1.165) is 33.6 Å². The fraction of sp³-hybridized carbons (Fsp3) is 0.303. The second-order valence-electron chi connectivity index (χ2n) is 11.1. The molecule has 9 nitrogen and oxygen atoms in total. The summed E-state index contributed by atoms with van der Waals surface area (Å²) in [5, 5.41) is 0.208. The molecule has 0 radical (unpaired) electrons. The van der Waals surface area contributed by atoms with Gasteiger partial charge < -0.3 is 4.74 Å². The predicted octanol–water partition coefficient (Wildman–Crippen LogP) is 4.10. The quantitative estimate of drug-likeness (QED) is 0.228. The summed E-state index contributed by atoms with van der Waals surface area (Å²) in [6.45, 7) is 1.23. The maximum atomic E-state index is 14.1. The summed E-state index contributed by atoms with van der Waals surface area (Å²) in [5.74, 6) is -4.88. The number of likely N-dealkylation sites (tertiary alicyclic amines) is 1. The molecule has 1 fully saturated rings. The van der Waals surface area contributed by atoms with Crippen LogP contribution in [-0.2, 0) is 23.9 Å². The van der Waals surface area contributed by atoms with Gasteiger partial charge in [-0.15, -0.1) is 0 Å². The topological polar surface area (TPSA) is 122 Å². The number of carbonyl (C=O) groups excluding carboxylic acids is 5. The fourth-order valence-corrected chi connectivity index (χ4v) is 7.09. The zero-order valence-electron chi connectivity index (χ0n) is 23.4. The number of imide groups is 1. The normalized spacial score (nSPS) is 21.9. The molecule has 3 aliphatic carbocycles. The van der Waals surface area contributed by atoms with Crippen LogP contribution < -0.4 is 10.9 Å². The molecule has 3 aromatic rings. The number of halogens is 1. The zero-order chi connectivity index (χ0) is 30.2. The van der Waals surface area contributed by atoms with Gasteiger partial charge in [0.15, 0.2) is 6.61 Å². The molecule has 10 heteroatoms. The summed E-state index contributed by atoms with van der Waals surface area (Å²) in [4.78, 5) is 67.5. The van der Waals surface area contributed by atoms with Gasteiger partial charge in [-0.3, -0.25) is 34.9 Å². The number of esters is 1. The van der Waals surface area contributed by atoms with Crippen molar-refractivity contribution in [1.29, 1.82) is 0 Å². The van der Waals surface area contributed by atoms with Crippen LogP contribution in [0.25, 0.3) is 0 Å². The number of ether oxygens (including phenoxy) is 1. The van der Waals surface area contributed by atoms with E-state index >= 15 is 0 Å². The van der Waals surface area contributed by atoms with E-state index in [2.05, 4.69) is 10.9 Å². The number of hydrazine groups is 1. The molecule has 1 aliphatic heterocycles. The minimum atomic E-state index is -1.17. The number of carbonyl (C=O) groups is 5. The first-order valence-corrected chi connectivity index (χ1v) is 14.8. The van der Waals surface area contributed by atoms with E-state index in [4.69, 9.17) is 16.3 Å². The summed E-state index contributed by atoms with van der Waals surface area (Å²) in [6.07, 6.45) is 1.51. The molecule has 4 amide bonds. The van der Waals surface area contributed by atoms with Crippen LogP contribution in [0.1, 0.15) is 70.6 Å². The molecule has 3 aromatic carbocycles. The number of hydrogen-bond acceptors (Lipinski definition) is 6. The van der Waals surface area contributed by atoms with Crippen molar-refractivity contribution < 1.29 is 28.7 Å². The maximum absolute atomic E-state index is 14.1. The summed E-state index contributed by atoms with van der Waals surface area (Å²) in [5.41, 5.74) is 8.74. The van der Waals surface area contributed by atoms with Crippen molar-refractivity contribution in [2.45, 2.75) is 44.1 Å². The lowest BCUT2D eigenvalue weighted by atomic mass is 9.55. The van der Waals surface area contributed by atoms with Crippen molar-refractivity contribution in [3.63, 3.8) is 0 Å². The zero-order valence-corrected chi connectivity index (χ0v) is 24.2. The monoisotopic (exact) mass is 599 g/mol. The van der Waals surface area contributed by atoms with Crippen LogP contribution in [0.2, 0.25) is 5.02 Å². The van der Waals surface area contributed by atoms with Crippen LogP contribution in [0.15, 0.2) is 72.8 Å². The minimum Gasteiger partial charge on any atom is -0.454 e. The molecule has 2 bridgehead atoms. The summed E-state index contributed by atoms with van der Waals surface area (Å²) in [7, 11) is 0. The van der Waals surface area contributed by atoms with Crippen molar-refractivity contribution >= 4 is 41.2 Å². The Bertz CT molecular complexity index is 1520. The minimum absolute atomic E-state index is 0.159. The lowest BCUT2D eigenvalue weighted by molar-refractivity contribution is -0.161. The van der Waals surface area contributed by atoms with Gasteiger partial charge in [-0.1, -0.05) is 92.0 Å². The van der Waals surface area contributed by atoms with Crippen LogP contribution >= 0.6 is 11.6 Å². The average molecular weight is 600 g/mol. The van der Waals surface area contributed by atoms with Crippen molar-refractivity contribution in [3.05, 3.63) is 106 Å². The van der Waals surface area contributed by atoms with Crippen LogP contribution in [0, 0.1) is 11.8 Å². The van der Waals surface area contributed by atoms with Gasteiger partial charge in [0.05, 0.1) is 22.4 Å². The molecule has 1 heterocycles. The first-order chi connectivity index (χ1) is 20.8. The first-order valence-electron chi connectivity index (χ1n) is 14.4. The third kappa shape index (κ3) is 4.87. The Balaban J connectivity index is 1.19. The molecule has 1 saturated heterocycles. The van der Waals surface area contributed by atoms with E-state index in [1.165, 1.54) is 12.1 Å². The van der Waals surface area contributed by atoms with Gasteiger partial charge >= 0.3 is 5.97 Å². The molecule has 4 aliphatic rings. The molecule has 3 atom stereocenters. The second-order valence-corrected chi connectivity index (χ2v) is 11.5. The Hall–Kier alpha value is -4.50. The van der Waals surface area contributed by atoms with Crippen molar-refractivity contribution in [3.8, 4) is 0 Å². The van der Waals surface area contributed by atoms with E-state index in [9.17, 15) is 24.0 Å².